The molecular weight excluding hydrogens is 482 g/mol. The van der Waals surface area contributed by atoms with E-state index in [1.807, 2.05) is 6.07 Å². The van der Waals surface area contributed by atoms with Crippen LogP contribution in [-0.4, -0.2) is 43.1 Å². The zero-order chi connectivity index (χ0) is 26.3. The van der Waals surface area contributed by atoms with Crippen LogP contribution in [0, 0.1) is 11.6 Å². The van der Waals surface area contributed by atoms with Gasteiger partial charge in [-0.2, -0.15) is 0 Å². The number of rotatable bonds is 7. The van der Waals surface area contributed by atoms with E-state index in [9.17, 15) is 9.59 Å². The lowest BCUT2D eigenvalue weighted by Gasteiger charge is -2.36. The van der Waals surface area contributed by atoms with Crippen LogP contribution in [0.25, 0.3) is 0 Å². The molecule has 2 amide bonds. The van der Waals surface area contributed by atoms with Crippen molar-refractivity contribution < 1.29 is 27.8 Å². The molecule has 2 N–H and O–H groups in total. The summed E-state index contributed by atoms with van der Waals surface area (Å²) in [5, 5.41) is 6.43. The van der Waals surface area contributed by atoms with Crippen molar-refractivity contribution >= 4 is 23.3 Å². The maximum absolute atomic E-state index is 15.3. The number of nitrogens with one attached hydrogen (secondary N) is 2. The van der Waals surface area contributed by atoms with Gasteiger partial charge in [-0.1, -0.05) is 19.4 Å². The first-order valence-corrected chi connectivity index (χ1v) is 12.4. The topological polar surface area (TPSA) is 92.8 Å². The number of hydrogen-bond acceptors (Lipinski definition) is 6. The first kappa shape index (κ1) is 25.0. The van der Waals surface area contributed by atoms with Crippen molar-refractivity contribution in [3.8, 4) is 11.5 Å². The molecule has 2 saturated carbocycles. The Kier molecular flexibility index (Phi) is 6.51. The largest absolute Gasteiger partial charge is 0.493 e. The Morgan fingerprint density at radius 2 is 1.78 bits per heavy atom. The van der Waals surface area contributed by atoms with Crippen LogP contribution in [0.2, 0.25) is 0 Å². The quantitative estimate of drug-likeness (QED) is 0.546. The average molecular weight is 513 g/mol. The van der Waals surface area contributed by atoms with Gasteiger partial charge in [-0.3, -0.25) is 9.59 Å². The third-order valence-corrected chi connectivity index (χ3v) is 7.67. The van der Waals surface area contributed by atoms with Crippen LogP contribution in [0.4, 0.5) is 20.3 Å². The zero-order valence-electron chi connectivity index (χ0n) is 20.9. The molecular formula is C27H30F2N4O4. The van der Waals surface area contributed by atoms with Crippen LogP contribution >= 0.6 is 0 Å². The molecule has 0 saturated heterocycles. The summed E-state index contributed by atoms with van der Waals surface area (Å²) in [5.41, 5.74) is 0.210. The fourth-order valence-electron chi connectivity index (χ4n) is 5.56. The summed E-state index contributed by atoms with van der Waals surface area (Å²) < 4.78 is 40.6. The predicted octanol–water partition coefficient (Wildman–Crippen LogP) is 3.98. The Morgan fingerprint density at radius 3 is 2.38 bits per heavy atom. The molecule has 8 nitrogen and oxygen atoms in total. The SMILES string of the molecule is C=CC(=O)NC1CCCCC1Nc1cc2c(cn1)CN(c1c(F)c(OC)cc(OC)c1F)C(=O)C21CC1. The van der Waals surface area contributed by atoms with Gasteiger partial charge in [0, 0.05) is 24.3 Å². The fourth-order valence-corrected chi connectivity index (χ4v) is 5.56. The highest BCUT2D eigenvalue weighted by atomic mass is 19.1. The number of carbonyl (C=O) groups is 2. The lowest BCUT2D eigenvalue weighted by molar-refractivity contribution is -0.121. The Hall–Kier alpha value is -3.69. The maximum atomic E-state index is 15.3. The van der Waals surface area contributed by atoms with Crippen LogP contribution in [0.1, 0.15) is 49.7 Å². The minimum absolute atomic E-state index is 0.0124. The molecule has 2 heterocycles. The third-order valence-electron chi connectivity index (χ3n) is 7.67. The number of hydrogen-bond donors (Lipinski definition) is 2. The van der Waals surface area contributed by atoms with E-state index in [2.05, 4.69) is 22.2 Å². The monoisotopic (exact) mass is 512 g/mol. The van der Waals surface area contributed by atoms with E-state index in [0.29, 0.717) is 18.7 Å². The predicted molar refractivity (Wildman–Crippen MR) is 134 cm³/mol. The van der Waals surface area contributed by atoms with Gasteiger partial charge in [-0.15, -0.1) is 0 Å². The lowest BCUT2D eigenvalue weighted by atomic mass is 9.86. The first-order valence-electron chi connectivity index (χ1n) is 12.4. The number of amides is 2. The van der Waals surface area contributed by atoms with Gasteiger partial charge in [0.15, 0.2) is 23.1 Å². The van der Waals surface area contributed by atoms with Crippen molar-refractivity contribution in [2.24, 2.45) is 0 Å². The minimum atomic E-state index is -0.954. The number of pyridine rings is 1. The number of nitrogens with zero attached hydrogens (tertiary/aromatic N) is 2. The molecule has 10 heteroatoms. The third kappa shape index (κ3) is 4.28. The van der Waals surface area contributed by atoms with Crippen molar-refractivity contribution in [1.29, 1.82) is 0 Å². The number of carbonyl (C=O) groups excluding carboxylic acids is 2. The van der Waals surface area contributed by atoms with Crippen molar-refractivity contribution in [3.63, 3.8) is 0 Å². The molecule has 5 rings (SSSR count). The van der Waals surface area contributed by atoms with Gasteiger partial charge in [0.1, 0.15) is 11.5 Å². The van der Waals surface area contributed by atoms with Crippen LogP contribution in [0.15, 0.2) is 31.0 Å². The van der Waals surface area contributed by atoms with Gasteiger partial charge in [-0.05, 0) is 49.0 Å². The number of methoxy groups -OCH3 is 2. The van der Waals surface area contributed by atoms with E-state index >= 15 is 8.78 Å². The fraction of sp³-hybridized carbons (Fsp3) is 0.444. The van der Waals surface area contributed by atoms with Gasteiger partial charge in [-0.25, -0.2) is 13.8 Å². The summed E-state index contributed by atoms with van der Waals surface area (Å²) in [6, 6.07) is 2.93. The Morgan fingerprint density at radius 1 is 1.14 bits per heavy atom. The number of aromatic nitrogens is 1. The molecule has 1 aromatic carbocycles. The molecule has 3 aliphatic rings. The van der Waals surface area contributed by atoms with E-state index in [0.717, 1.165) is 47.8 Å². The Bertz CT molecular complexity index is 1240. The molecule has 2 aliphatic carbocycles. The molecule has 2 fully saturated rings. The highest BCUT2D eigenvalue weighted by Crippen LogP contribution is 2.55. The van der Waals surface area contributed by atoms with Gasteiger partial charge < -0.3 is 25.0 Å². The zero-order valence-corrected chi connectivity index (χ0v) is 20.9. The Balaban J connectivity index is 1.46. The second-order valence-corrected chi connectivity index (χ2v) is 9.81. The van der Waals surface area contributed by atoms with Crippen LogP contribution < -0.4 is 25.0 Å². The molecule has 0 radical (unpaired) electrons. The number of fused-ring (bicyclic) bond motifs is 2. The van der Waals surface area contributed by atoms with Crippen molar-refractivity contribution in [2.75, 3.05) is 24.4 Å². The summed E-state index contributed by atoms with van der Waals surface area (Å²) in [4.78, 5) is 31.3. The molecule has 1 aliphatic heterocycles. The van der Waals surface area contributed by atoms with Gasteiger partial charge in [0.2, 0.25) is 11.8 Å². The van der Waals surface area contributed by atoms with Crippen LogP contribution in [0.3, 0.4) is 0 Å². The van der Waals surface area contributed by atoms with E-state index in [4.69, 9.17) is 9.47 Å². The van der Waals surface area contributed by atoms with Gasteiger partial charge in [0.25, 0.3) is 0 Å². The van der Waals surface area contributed by atoms with Crippen molar-refractivity contribution in [3.05, 3.63) is 53.7 Å². The maximum Gasteiger partial charge on any atom is 0.243 e. The highest BCUT2D eigenvalue weighted by molar-refractivity contribution is 6.05. The summed E-state index contributed by atoms with van der Waals surface area (Å²) >= 11 is 0. The summed E-state index contributed by atoms with van der Waals surface area (Å²) in [6.45, 7) is 3.50. The molecule has 0 bridgehead atoms. The smallest absolute Gasteiger partial charge is 0.243 e. The van der Waals surface area contributed by atoms with Crippen molar-refractivity contribution in [1.82, 2.24) is 10.3 Å². The van der Waals surface area contributed by atoms with Crippen molar-refractivity contribution in [2.45, 2.75) is 62.6 Å². The van der Waals surface area contributed by atoms with E-state index in [1.54, 1.807) is 6.20 Å². The Labute approximate surface area is 214 Å². The van der Waals surface area contributed by atoms with Crippen LogP contribution in [-0.2, 0) is 21.5 Å². The molecule has 1 spiro atoms. The number of benzene rings is 1. The number of ether oxygens (including phenoxy) is 2. The first-order chi connectivity index (χ1) is 17.8. The summed E-state index contributed by atoms with van der Waals surface area (Å²) in [5.74, 6) is -2.29. The number of halogens is 2. The summed E-state index contributed by atoms with van der Waals surface area (Å²) in [6.07, 6.45) is 7.84. The normalized spacial score (nSPS) is 21.7. The lowest BCUT2D eigenvalue weighted by Crippen LogP contribution is -2.48. The van der Waals surface area contributed by atoms with E-state index < -0.39 is 22.7 Å². The minimum Gasteiger partial charge on any atom is -0.493 e. The molecule has 37 heavy (non-hydrogen) atoms. The van der Waals surface area contributed by atoms with E-state index in [1.165, 1.54) is 20.3 Å². The molecule has 2 atom stereocenters. The molecule has 2 aromatic rings. The highest BCUT2D eigenvalue weighted by Gasteiger charge is 2.57. The average Bonchev–Trinajstić information content (AvgIpc) is 3.70. The van der Waals surface area contributed by atoms with Gasteiger partial charge in [0.05, 0.1) is 26.2 Å². The standard InChI is InChI=1S/C27H30F2N4O4/c1-4-22(34)32-18-8-6-5-7-17(18)31-21-11-16-15(13-30-21)14-33(26(35)27(16)9-10-27)25-23(28)19(36-2)12-20(37-3)24(25)29/h4,11-13,17-18H,1,5-10,14H2,2-3H3,(H,30,31)(H,32,34). The molecule has 196 valence electrons. The van der Waals surface area contributed by atoms with Gasteiger partial charge >= 0.3 is 0 Å². The molecule has 2 unspecified atom stereocenters. The number of anilines is 2. The second kappa shape index (κ2) is 9.64. The molecule has 1 aromatic heterocycles. The second-order valence-electron chi connectivity index (χ2n) is 9.81. The summed E-state index contributed by atoms with van der Waals surface area (Å²) in [7, 11) is 2.54. The van der Waals surface area contributed by atoms with E-state index in [-0.39, 0.29) is 41.9 Å². The van der Waals surface area contributed by atoms with Crippen LogP contribution in [0.5, 0.6) is 11.5 Å².